The van der Waals surface area contributed by atoms with Crippen molar-refractivity contribution in [1.29, 1.82) is 0 Å². The highest BCUT2D eigenvalue weighted by molar-refractivity contribution is 5.78. The van der Waals surface area contributed by atoms with E-state index in [0.29, 0.717) is 25.7 Å². The molecule has 0 bridgehead atoms. The van der Waals surface area contributed by atoms with E-state index in [1.807, 2.05) is 0 Å². The van der Waals surface area contributed by atoms with E-state index in [2.05, 4.69) is 62.8 Å². The molecule has 0 heterocycles. The largest absolute Gasteiger partial charge is 0.393 e. The monoisotopic (exact) mass is 1150 g/mol. The first-order chi connectivity index (χ1) is 39.2. The lowest BCUT2D eigenvalue weighted by Crippen LogP contribution is -2.27. The minimum atomic E-state index is -0.572. The summed E-state index contributed by atoms with van der Waals surface area (Å²) in [6.45, 7) is 13.4. The van der Waals surface area contributed by atoms with Crippen LogP contribution in [0.3, 0.4) is 0 Å². The van der Waals surface area contributed by atoms with Crippen LogP contribution in [0.15, 0.2) is 0 Å². The molecule has 0 aromatic carbocycles. The third kappa shape index (κ3) is 73.8. The van der Waals surface area contributed by atoms with Gasteiger partial charge in [-0.05, 0) is 63.7 Å². The Labute approximate surface area is 504 Å². The van der Waals surface area contributed by atoms with Gasteiger partial charge in [-0.1, -0.05) is 292 Å². The molecule has 81 heavy (non-hydrogen) atoms. The molecular weight excluding hydrogens is 1010 g/mol. The lowest BCUT2D eigenvalue weighted by atomic mass is 9.94. The molecule has 0 saturated carbocycles. The summed E-state index contributed by atoms with van der Waals surface area (Å²) in [4.78, 5) is 44.7. The van der Waals surface area contributed by atoms with Gasteiger partial charge < -0.3 is 36.6 Å². The maximum Gasteiger partial charge on any atom is 0.222 e. The van der Waals surface area contributed by atoms with Crippen LogP contribution >= 0.6 is 0 Å². The van der Waals surface area contributed by atoms with Crippen molar-refractivity contribution in [2.45, 2.75) is 387 Å². The molecule has 0 aliphatic heterocycles. The van der Waals surface area contributed by atoms with Crippen molar-refractivity contribution in [1.82, 2.24) is 21.3 Å². The fourth-order valence-corrected chi connectivity index (χ4v) is 10.2. The van der Waals surface area contributed by atoms with Crippen LogP contribution in [0.5, 0.6) is 0 Å². The van der Waals surface area contributed by atoms with E-state index >= 15 is 0 Å². The number of aliphatic hydroxyl groups is 3. The first kappa shape index (κ1) is 85.2. The predicted octanol–water partition coefficient (Wildman–Crippen LogP) is 18.3. The Morgan fingerprint density at radius 3 is 0.802 bits per heavy atom. The average molecular weight is 1150 g/mol. The van der Waals surface area contributed by atoms with Crippen LogP contribution in [-0.2, 0) is 19.2 Å². The van der Waals surface area contributed by atoms with Gasteiger partial charge >= 0.3 is 0 Å². The first-order valence-electron chi connectivity index (χ1n) is 35.1. The Hall–Kier alpha value is -2.24. The Balaban J connectivity index is -0.000000493. The normalized spacial score (nSPS) is 12.4. The SMILES string of the molecule is CCCCCCC(CCCC)C(=O)NC.CCCCCCC(O)CCCCCCCCCCC(=O)NC.CCCCCCCC(O)C(O)CCCCCCCC(=O)NC.CNC(=O)CCCCCCCCCCCCCCCC(C)C. The van der Waals surface area contributed by atoms with Gasteiger partial charge in [0.15, 0.2) is 0 Å². The maximum absolute atomic E-state index is 11.6. The van der Waals surface area contributed by atoms with Crippen molar-refractivity contribution in [3.8, 4) is 0 Å². The Morgan fingerprint density at radius 1 is 0.284 bits per heavy atom. The number of unbranched alkanes of at least 4 members (excludes halogenated alkanes) is 34. The second kappa shape index (κ2) is 72.0. The van der Waals surface area contributed by atoms with E-state index in [0.717, 1.165) is 95.8 Å². The topological polar surface area (TPSA) is 177 Å². The summed E-state index contributed by atoms with van der Waals surface area (Å²) in [5, 5.41) is 40.4. The molecule has 4 amide bonds. The summed E-state index contributed by atoms with van der Waals surface area (Å²) < 4.78 is 0. The molecule has 4 unspecified atom stereocenters. The van der Waals surface area contributed by atoms with Gasteiger partial charge in [0.2, 0.25) is 23.6 Å². The van der Waals surface area contributed by atoms with E-state index in [-0.39, 0.29) is 35.7 Å². The highest BCUT2D eigenvalue weighted by Gasteiger charge is 2.16. The highest BCUT2D eigenvalue weighted by Crippen LogP contribution is 2.20. The predicted molar refractivity (Wildman–Crippen MR) is 351 cm³/mol. The molecule has 486 valence electrons. The Kier molecular flexibility index (Phi) is 75.8. The van der Waals surface area contributed by atoms with Gasteiger partial charge in [0, 0.05) is 53.4 Å². The second-order valence-corrected chi connectivity index (χ2v) is 24.4. The molecule has 0 rings (SSSR count). The standard InChI is InChI=1S/C20H41NO.C19H39NO2.C18H37NO3.C13H27NO/c1-19(2)17-15-13-11-9-7-5-4-6-8-10-12-14-16-18-20(22)21-3;1-3-4-5-12-15-18(21)16-13-10-8-6-7-9-11-14-17-19(22)20-2;1-3-4-5-7-10-13-16(20)17(21)14-11-8-6-9-12-15-18(22)19-2;1-4-6-8-9-11-12(10-7-5-2)13(15)14-3/h19H,4-18H2,1-3H3,(H,21,22);18,21H,3-17H2,1-2H3,(H,20,22);16-17,20-21H,3-15H2,1-2H3,(H,19,22);12H,4-11H2,1-3H3,(H,14,15). The van der Waals surface area contributed by atoms with Crippen LogP contribution in [0.2, 0.25) is 0 Å². The van der Waals surface area contributed by atoms with Crippen LogP contribution in [-0.4, -0.2) is 85.5 Å². The number of hydrogen-bond donors (Lipinski definition) is 7. The fraction of sp³-hybridized carbons (Fsp3) is 0.943. The van der Waals surface area contributed by atoms with Crippen LogP contribution in [0.1, 0.15) is 369 Å². The third-order valence-corrected chi connectivity index (χ3v) is 16.0. The highest BCUT2D eigenvalue weighted by atomic mass is 16.3. The van der Waals surface area contributed by atoms with E-state index < -0.39 is 12.2 Å². The Morgan fingerprint density at radius 2 is 0.519 bits per heavy atom. The number of rotatable bonds is 56. The number of carbonyl (C=O) groups is 4. The quantitative estimate of drug-likeness (QED) is 0.0296. The zero-order valence-electron chi connectivity index (χ0n) is 55.9. The van der Waals surface area contributed by atoms with E-state index in [1.54, 1.807) is 28.2 Å². The van der Waals surface area contributed by atoms with Gasteiger partial charge in [0.05, 0.1) is 18.3 Å². The summed E-state index contributed by atoms with van der Waals surface area (Å²) in [5.74, 6) is 1.82. The first-order valence-corrected chi connectivity index (χ1v) is 35.1. The van der Waals surface area contributed by atoms with E-state index in [9.17, 15) is 34.5 Å². The van der Waals surface area contributed by atoms with E-state index in [4.69, 9.17) is 0 Å². The van der Waals surface area contributed by atoms with Crippen LogP contribution in [0, 0.1) is 11.8 Å². The molecule has 0 saturated heterocycles. The molecule has 11 heteroatoms. The number of aliphatic hydroxyl groups excluding tert-OH is 3. The molecule has 0 aromatic heterocycles. The summed E-state index contributed by atoms with van der Waals surface area (Å²) >= 11 is 0. The van der Waals surface area contributed by atoms with Gasteiger partial charge in [-0.3, -0.25) is 19.2 Å². The van der Waals surface area contributed by atoms with Crippen molar-refractivity contribution < 1.29 is 34.5 Å². The molecule has 0 radical (unpaired) electrons. The molecule has 0 spiro atoms. The van der Waals surface area contributed by atoms with Crippen molar-refractivity contribution in [3.05, 3.63) is 0 Å². The van der Waals surface area contributed by atoms with Crippen molar-refractivity contribution in [3.63, 3.8) is 0 Å². The minimum Gasteiger partial charge on any atom is -0.393 e. The maximum atomic E-state index is 11.6. The summed E-state index contributed by atoms with van der Waals surface area (Å²) in [7, 11) is 6.82. The summed E-state index contributed by atoms with van der Waals surface area (Å²) in [5.41, 5.74) is 0. The third-order valence-electron chi connectivity index (χ3n) is 16.0. The number of amides is 4. The molecule has 11 nitrogen and oxygen atoms in total. The lowest BCUT2D eigenvalue weighted by molar-refractivity contribution is -0.125. The molecule has 4 atom stereocenters. The molecule has 7 N–H and O–H groups in total. The number of hydrogen-bond acceptors (Lipinski definition) is 7. The smallest absolute Gasteiger partial charge is 0.222 e. The van der Waals surface area contributed by atoms with Gasteiger partial charge in [0.25, 0.3) is 0 Å². The fourth-order valence-electron chi connectivity index (χ4n) is 10.2. The van der Waals surface area contributed by atoms with Gasteiger partial charge in [-0.25, -0.2) is 0 Å². The van der Waals surface area contributed by atoms with Crippen molar-refractivity contribution in [2.75, 3.05) is 28.2 Å². The minimum absolute atomic E-state index is 0.0680. The molecular formula is C70H144N4O7. The lowest BCUT2D eigenvalue weighted by Gasteiger charge is -2.17. The Bertz CT molecular complexity index is 1270. The molecule has 0 fully saturated rings. The zero-order valence-corrected chi connectivity index (χ0v) is 55.9. The van der Waals surface area contributed by atoms with Gasteiger partial charge in [-0.2, -0.15) is 0 Å². The summed E-state index contributed by atoms with van der Waals surface area (Å²) in [6.07, 6.45) is 58.6. The van der Waals surface area contributed by atoms with E-state index in [1.165, 1.54) is 212 Å². The second-order valence-electron chi connectivity index (χ2n) is 24.4. The van der Waals surface area contributed by atoms with Crippen LogP contribution < -0.4 is 21.3 Å². The number of carbonyl (C=O) groups excluding carboxylic acids is 4. The van der Waals surface area contributed by atoms with Crippen molar-refractivity contribution >= 4 is 23.6 Å². The van der Waals surface area contributed by atoms with Crippen molar-refractivity contribution in [2.24, 2.45) is 11.8 Å². The zero-order chi connectivity index (χ0) is 61.1. The van der Waals surface area contributed by atoms with Crippen LogP contribution in [0.4, 0.5) is 0 Å². The average Bonchev–Trinajstić information content (AvgIpc) is 3.46. The molecule has 0 aliphatic rings. The molecule has 0 aliphatic carbocycles. The van der Waals surface area contributed by atoms with Gasteiger partial charge in [0.1, 0.15) is 0 Å². The molecule has 0 aromatic rings. The van der Waals surface area contributed by atoms with Crippen LogP contribution in [0.25, 0.3) is 0 Å². The number of nitrogens with one attached hydrogen (secondary N) is 4. The van der Waals surface area contributed by atoms with Gasteiger partial charge in [-0.15, -0.1) is 0 Å². The summed E-state index contributed by atoms with van der Waals surface area (Å²) in [6, 6.07) is 0.